The highest BCUT2D eigenvalue weighted by Crippen LogP contribution is 2.22. The first-order chi connectivity index (χ1) is 9.47. The number of phenols is 1. The molecular formula is C14H10ClNO4. The fraction of sp³-hybridized carbons (Fsp3) is 0. The number of halogens is 1. The highest BCUT2D eigenvalue weighted by molar-refractivity contribution is 6.34. The van der Waals surface area contributed by atoms with Gasteiger partial charge in [0.25, 0.3) is 5.91 Å². The SMILES string of the molecule is O=C(O)c1ccc(NC(=O)c2cc(O)ccc2Cl)cc1. The van der Waals surface area contributed by atoms with Gasteiger partial charge in [-0.2, -0.15) is 0 Å². The van der Waals surface area contributed by atoms with E-state index < -0.39 is 11.9 Å². The molecule has 1 amide bonds. The number of hydrogen-bond donors (Lipinski definition) is 3. The van der Waals surface area contributed by atoms with Crippen LogP contribution < -0.4 is 5.32 Å². The van der Waals surface area contributed by atoms with Crippen LogP contribution >= 0.6 is 11.6 Å². The first-order valence-corrected chi connectivity index (χ1v) is 5.98. The van der Waals surface area contributed by atoms with Gasteiger partial charge in [-0.25, -0.2) is 4.79 Å². The molecule has 0 spiro atoms. The highest BCUT2D eigenvalue weighted by atomic mass is 35.5. The number of amides is 1. The van der Waals surface area contributed by atoms with Gasteiger partial charge in [0, 0.05) is 5.69 Å². The van der Waals surface area contributed by atoms with Crippen LogP contribution in [-0.4, -0.2) is 22.1 Å². The van der Waals surface area contributed by atoms with Crippen LogP contribution in [0.2, 0.25) is 5.02 Å². The molecule has 0 bridgehead atoms. The Hall–Kier alpha value is -2.53. The zero-order chi connectivity index (χ0) is 14.7. The second kappa shape index (κ2) is 5.63. The van der Waals surface area contributed by atoms with Gasteiger partial charge in [0.2, 0.25) is 0 Å². The number of hydrogen-bond acceptors (Lipinski definition) is 3. The van der Waals surface area contributed by atoms with Crippen LogP contribution in [0.4, 0.5) is 5.69 Å². The molecule has 0 radical (unpaired) electrons. The fourth-order valence-corrected chi connectivity index (χ4v) is 1.79. The molecule has 102 valence electrons. The summed E-state index contributed by atoms with van der Waals surface area (Å²) in [6.07, 6.45) is 0. The van der Waals surface area contributed by atoms with Crippen molar-refractivity contribution in [2.45, 2.75) is 0 Å². The zero-order valence-electron chi connectivity index (χ0n) is 10.1. The molecule has 0 aliphatic heterocycles. The predicted octanol–water partition coefficient (Wildman–Crippen LogP) is 3.00. The molecule has 0 aromatic heterocycles. The van der Waals surface area contributed by atoms with E-state index in [0.717, 1.165) is 0 Å². The van der Waals surface area contributed by atoms with Crippen molar-refractivity contribution in [2.75, 3.05) is 5.32 Å². The number of carboxylic acids is 1. The molecule has 0 saturated heterocycles. The van der Waals surface area contributed by atoms with Crippen molar-refractivity contribution in [2.24, 2.45) is 0 Å². The number of carbonyl (C=O) groups excluding carboxylic acids is 1. The molecule has 3 N–H and O–H groups in total. The molecule has 0 aliphatic rings. The van der Waals surface area contributed by atoms with Gasteiger partial charge in [-0.15, -0.1) is 0 Å². The van der Waals surface area contributed by atoms with Crippen molar-refractivity contribution in [3.8, 4) is 5.75 Å². The summed E-state index contributed by atoms with van der Waals surface area (Å²) in [5.41, 5.74) is 0.687. The van der Waals surface area contributed by atoms with Gasteiger partial charge in [-0.3, -0.25) is 4.79 Å². The van der Waals surface area contributed by atoms with E-state index in [-0.39, 0.29) is 21.9 Å². The summed E-state index contributed by atoms with van der Waals surface area (Å²) >= 11 is 5.87. The number of aromatic hydroxyl groups is 1. The Kier molecular flexibility index (Phi) is 3.91. The molecule has 0 unspecified atom stereocenters. The first-order valence-electron chi connectivity index (χ1n) is 5.60. The average molecular weight is 292 g/mol. The van der Waals surface area contributed by atoms with E-state index in [1.54, 1.807) is 0 Å². The number of phenolic OH excluding ortho intramolecular Hbond substituents is 1. The molecule has 0 fully saturated rings. The average Bonchev–Trinajstić information content (AvgIpc) is 2.42. The van der Waals surface area contributed by atoms with Crippen LogP contribution in [0.1, 0.15) is 20.7 Å². The van der Waals surface area contributed by atoms with E-state index in [0.29, 0.717) is 5.69 Å². The molecule has 6 heteroatoms. The number of carboxylic acid groups (broad SMARTS) is 1. The monoisotopic (exact) mass is 291 g/mol. The maximum Gasteiger partial charge on any atom is 0.335 e. The summed E-state index contributed by atoms with van der Waals surface area (Å²) in [7, 11) is 0. The number of carbonyl (C=O) groups is 2. The maximum absolute atomic E-state index is 12.0. The van der Waals surface area contributed by atoms with Crippen LogP contribution in [0.25, 0.3) is 0 Å². The van der Waals surface area contributed by atoms with Crippen molar-refractivity contribution >= 4 is 29.2 Å². The van der Waals surface area contributed by atoms with Crippen molar-refractivity contribution in [3.63, 3.8) is 0 Å². The van der Waals surface area contributed by atoms with Crippen LogP contribution in [0.5, 0.6) is 5.75 Å². The van der Waals surface area contributed by atoms with Crippen LogP contribution in [0.15, 0.2) is 42.5 Å². The van der Waals surface area contributed by atoms with Gasteiger partial charge in [-0.1, -0.05) is 11.6 Å². The Morgan fingerprint density at radius 1 is 1.05 bits per heavy atom. The van der Waals surface area contributed by atoms with Gasteiger partial charge in [-0.05, 0) is 42.5 Å². The van der Waals surface area contributed by atoms with Crippen molar-refractivity contribution in [3.05, 3.63) is 58.6 Å². The van der Waals surface area contributed by atoms with Crippen molar-refractivity contribution < 1.29 is 19.8 Å². The van der Waals surface area contributed by atoms with E-state index in [4.69, 9.17) is 16.7 Å². The second-order valence-electron chi connectivity index (χ2n) is 4.00. The zero-order valence-corrected chi connectivity index (χ0v) is 10.9. The van der Waals surface area contributed by atoms with Crippen LogP contribution in [-0.2, 0) is 0 Å². The summed E-state index contributed by atoms with van der Waals surface area (Å²) in [5, 5.41) is 20.9. The van der Waals surface area contributed by atoms with E-state index in [1.165, 1.54) is 42.5 Å². The highest BCUT2D eigenvalue weighted by Gasteiger charge is 2.12. The van der Waals surface area contributed by atoms with E-state index in [2.05, 4.69) is 5.32 Å². The number of aromatic carboxylic acids is 1. The molecule has 20 heavy (non-hydrogen) atoms. The van der Waals surface area contributed by atoms with Gasteiger partial charge < -0.3 is 15.5 Å². The minimum absolute atomic E-state index is 0.0687. The van der Waals surface area contributed by atoms with E-state index in [9.17, 15) is 14.7 Å². The first kappa shape index (κ1) is 13.9. The maximum atomic E-state index is 12.0. The van der Waals surface area contributed by atoms with Gasteiger partial charge >= 0.3 is 5.97 Å². The molecule has 0 atom stereocenters. The summed E-state index contributed by atoms with van der Waals surface area (Å²) in [4.78, 5) is 22.7. The number of anilines is 1. The molecule has 2 rings (SSSR count). The molecule has 0 heterocycles. The lowest BCUT2D eigenvalue weighted by atomic mass is 10.1. The molecule has 0 saturated carbocycles. The largest absolute Gasteiger partial charge is 0.508 e. The third kappa shape index (κ3) is 3.07. The number of benzene rings is 2. The molecule has 2 aromatic carbocycles. The minimum Gasteiger partial charge on any atom is -0.508 e. The summed E-state index contributed by atoms with van der Waals surface area (Å²) < 4.78 is 0. The third-order valence-corrected chi connectivity index (χ3v) is 2.91. The minimum atomic E-state index is -1.04. The quantitative estimate of drug-likeness (QED) is 0.811. The lowest BCUT2D eigenvalue weighted by Gasteiger charge is -2.07. The molecular weight excluding hydrogens is 282 g/mol. The van der Waals surface area contributed by atoms with Crippen molar-refractivity contribution in [1.82, 2.24) is 0 Å². The predicted molar refractivity (Wildman–Crippen MR) is 74.5 cm³/mol. The normalized spacial score (nSPS) is 10.1. The molecule has 0 aliphatic carbocycles. The van der Waals surface area contributed by atoms with Crippen LogP contribution in [0, 0.1) is 0 Å². The Bertz CT molecular complexity index is 667. The molecule has 2 aromatic rings. The Balaban J connectivity index is 2.19. The Labute approximate surface area is 119 Å². The smallest absolute Gasteiger partial charge is 0.335 e. The van der Waals surface area contributed by atoms with E-state index in [1.807, 2.05) is 0 Å². The fourth-order valence-electron chi connectivity index (χ4n) is 1.58. The lowest BCUT2D eigenvalue weighted by Crippen LogP contribution is -2.12. The van der Waals surface area contributed by atoms with E-state index >= 15 is 0 Å². The molecule has 5 nitrogen and oxygen atoms in total. The topological polar surface area (TPSA) is 86.6 Å². The third-order valence-electron chi connectivity index (χ3n) is 2.58. The van der Waals surface area contributed by atoms with Gasteiger partial charge in [0.1, 0.15) is 5.75 Å². The Morgan fingerprint density at radius 3 is 2.30 bits per heavy atom. The summed E-state index contributed by atoms with van der Waals surface area (Å²) in [6.45, 7) is 0. The van der Waals surface area contributed by atoms with Crippen LogP contribution in [0.3, 0.4) is 0 Å². The lowest BCUT2D eigenvalue weighted by molar-refractivity contribution is 0.0696. The summed E-state index contributed by atoms with van der Waals surface area (Å²) in [6, 6.07) is 9.74. The summed E-state index contributed by atoms with van der Waals surface area (Å²) in [5.74, 6) is -1.60. The number of nitrogens with one attached hydrogen (secondary N) is 1. The van der Waals surface area contributed by atoms with Gasteiger partial charge in [0.05, 0.1) is 16.1 Å². The second-order valence-corrected chi connectivity index (χ2v) is 4.41. The Morgan fingerprint density at radius 2 is 1.70 bits per heavy atom. The van der Waals surface area contributed by atoms with Crippen molar-refractivity contribution in [1.29, 1.82) is 0 Å². The number of rotatable bonds is 3. The van der Waals surface area contributed by atoms with Gasteiger partial charge in [0.15, 0.2) is 0 Å². The standard InChI is InChI=1S/C14H10ClNO4/c15-12-6-5-10(17)7-11(12)13(18)16-9-3-1-8(2-4-9)14(19)20/h1-7,17H,(H,16,18)(H,19,20).